The van der Waals surface area contributed by atoms with Gasteiger partial charge >= 0.3 is 5.97 Å². The second-order valence-corrected chi connectivity index (χ2v) is 9.19. The molecule has 0 radical (unpaired) electrons. The lowest BCUT2D eigenvalue weighted by Gasteiger charge is -2.20. The van der Waals surface area contributed by atoms with E-state index < -0.39 is 0 Å². The number of esters is 1. The number of carbonyl (C=O) groups is 2. The Balaban J connectivity index is 1.31. The number of thiazole rings is 2. The van der Waals surface area contributed by atoms with Crippen LogP contribution in [-0.4, -0.2) is 29.0 Å². The number of rotatable bonds is 9. The topological polar surface area (TPSA) is 81.6 Å². The molecular weight excluding hydrogens is 458 g/mol. The second-order valence-electron chi connectivity index (χ2n) is 7.24. The third-order valence-corrected chi connectivity index (χ3v) is 6.83. The van der Waals surface area contributed by atoms with Gasteiger partial charge in [-0.1, -0.05) is 24.3 Å². The maximum atomic E-state index is 12.3. The Bertz CT molecular complexity index is 1230. The fourth-order valence-corrected chi connectivity index (χ4v) is 5.20. The molecule has 0 aliphatic heterocycles. The minimum atomic E-state index is -0.279. The van der Waals surface area contributed by atoms with Crippen LogP contribution >= 0.6 is 22.7 Å². The Morgan fingerprint density at radius 1 is 1.06 bits per heavy atom. The van der Waals surface area contributed by atoms with Gasteiger partial charge in [-0.3, -0.25) is 14.5 Å². The lowest BCUT2D eigenvalue weighted by atomic mass is 10.2. The van der Waals surface area contributed by atoms with Crippen LogP contribution in [0.15, 0.2) is 53.9 Å². The Hall–Kier alpha value is -3.30. The fraction of sp³-hybridized carbons (Fsp3) is 0.250. The first-order valence-corrected chi connectivity index (χ1v) is 12.1. The third kappa shape index (κ3) is 5.55. The van der Waals surface area contributed by atoms with Crippen molar-refractivity contribution >= 4 is 55.6 Å². The summed E-state index contributed by atoms with van der Waals surface area (Å²) < 4.78 is 11.9. The van der Waals surface area contributed by atoms with Crippen LogP contribution in [0.1, 0.15) is 30.5 Å². The van der Waals surface area contributed by atoms with E-state index in [1.165, 1.54) is 23.2 Å². The van der Waals surface area contributed by atoms with Gasteiger partial charge in [-0.25, -0.2) is 9.97 Å². The smallest absolute Gasteiger partial charge is 0.306 e. The zero-order valence-corrected chi connectivity index (χ0v) is 19.9. The summed E-state index contributed by atoms with van der Waals surface area (Å²) in [5.74, 6) is 0.107. The first-order chi connectivity index (χ1) is 16.0. The van der Waals surface area contributed by atoms with Crippen LogP contribution in [0.5, 0.6) is 5.75 Å². The molecule has 0 N–H and O–H groups in total. The Morgan fingerprint density at radius 2 is 1.85 bits per heavy atom. The molecule has 33 heavy (non-hydrogen) atoms. The minimum absolute atomic E-state index is 0.0636. The predicted octanol–water partition coefficient (Wildman–Crippen LogP) is 5.51. The Kier molecular flexibility index (Phi) is 7.31. The van der Waals surface area contributed by atoms with Crippen LogP contribution in [-0.2, 0) is 27.4 Å². The van der Waals surface area contributed by atoms with Gasteiger partial charge < -0.3 is 9.47 Å². The van der Waals surface area contributed by atoms with E-state index in [4.69, 9.17) is 9.47 Å². The summed E-state index contributed by atoms with van der Waals surface area (Å²) >= 11 is 2.96. The molecule has 0 atom stereocenters. The van der Waals surface area contributed by atoms with Crippen molar-refractivity contribution in [3.05, 3.63) is 64.6 Å². The van der Waals surface area contributed by atoms with Gasteiger partial charge in [-0.2, -0.15) is 0 Å². The highest BCUT2D eigenvalue weighted by Gasteiger charge is 2.21. The number of aromatic nitrogens is 2. The molecule has 1 amide bonds. The molecular formula is C24H23N3O4S2. The van der Waals surface area contributed by atoms with Crippen LogP contribution in [0.25, 0.3) is 10.2 Å². The number of hydrogen-bond donors (Lipinski definition) is 0. The number of para-hydroxylation sites is 3. The van der Waals surface area contributed by atoms with Gasteiger partial charge in [0.05, 0.1) is 33.7 Å². The zero-order valence-electron chi connectivity index (χ0n) is 18.3. The highest BCUT2D eigenvalue weighted by Crippen LogP contribution is 2.35. The van der Waals surface area contributed by atoms with E-state index >= 15 is 0 Å². The maximum Gasteiger partial charge on any atom is 0.306 e. The monoisotopic (exact) mass is 481 g/mol. The third-order valence-electron chi connectivity index (χ3n) is 4.86. The molecule has 0 aliphatic carbocycles. The number of hydrogen-bond acceptors (Lipinski definition) is 8. The number of anilines is 2. The van der Waals surface area contributed by atoms with Gasteiger partial charge in [0.2, 0.25) is 5.91 Å². The molecule has 0 aliphatic rings. The van der Waals surface area contributed by atoms with Gasteiger partial charge in [0.1, 0.15) is 12.4 Å². The van der Waals surface area contributed by atoms with E-state index in [9.17, 15) is 9.59 Å². The van der Waals surface area contributed by atoms with Crippen molar-refractivity contribution in [2.24, 2.45) is 0 Å². The number of aryl methyl sites for hydroxylation is 1. The van der Waals surface area contributed by atoms with Crippen molar-refractivity contribution in [1.82, 2.24) is 9.97 Å². The summed E-state index contributed by atoms with van der Waals surface area (Å²) in [7, 11) is 1.56. The van der Waals surface area contributed by atoms with E-state index in [2.05, 4.69) is 9.97 Å². The van der Waals surface area contributed by atoms with Crippen molar-refractivity contribution in [3.8, 4) is 5.75 Å². The van der Waals surface area contributed by atoms with Crippen LogP contribution in [0.4, 0.5) is 10.8 Å². The molecule has 0 unspecified atom stereocenters. The van der Waals surface area contributed by atoms with Gasteiger partial charge in [-0.05, 0) is 37.1 Å². The summed E-state index contributed by atoms with van der Waals surface area (Å²) in [5, 5.41) is 3.30. The number of nitrogens with zero attached hydrogens (tertiary/aromatic N) is 3. The van der Waals surface area contributed by atoms with Gasteiger partial charge in [0.15, 0.2) is 5.13 Å². The molecule has 2 heterocycles. The largest absolute Gasteiger partial charge is 0.495 e. The standard InChI is InChI=1S/C24H23N3O4S2/c1-16(28)27(19-9-4-5-10-20(19)30-2)24-25-17(15-32-24)14-31-23(29)13-7-12-22-26-18-8-3-6-11-21(18)33-22/h3-6,8-11,15H,7,12-14H2,1-2H3. The van der Waals surface area contributed by atoms with Crippen LogP contribution in [0.2, 0.25) is 0 Å². The van der Waals surface area contributed by atoms with E-state index in [0.29, 0.717) is 35.1 Å². The summed E-state index contributed by atoms with van der Waals surface area (Å²) in [6.45, 7) is 1.53. The normalized spacial score (nSPS) is 10.8. The number of fused-ring (bicyclic) bond motifs is 1. The van der Waals surface area contributed by atoms with E-state index in [0.717, 1.165) is 21.6 Å². The first-order valence-electron chi connectivity index (χ1n) is 10.4. The summed E-state index contributed by atoms with van der Waals surface area (Å²) in [4.78, 5) is 35.1. The summed E-state index contributed by atoms with van der Waals surface area (Å²) in [6, 6.07) is 15.3. The molecule has 0 fully saturated rings. The second kappa shape index (κ2) is 10.5. The Morgan fingerprint density at radius 3 is 2.64 bits per heavy atom. The minimum Gasteiger partial charge on any atom is -0.495 e. The predicted molar refractivity (Wildman–Crippen MR) is 130 cm³/mol. The van der Waals surface area contributed by atoms with E-state index in [1.807, 2.05) is 36.4 Å². The van der Waals surface area contributed by atoms with Crippen LogP contribution in [0.3, 0.4) is 0 Å². The number of carbonyl (C=O) groups excluding carboxylic acids is 2. The highest BCUT2D eigenvalue weighted by molar-refractivity contribution is 7.18. The number of ether oxygens (including phenoxy) is 2. The molecule has 2 aromatic carbocycles. The highest BCUT2D eigenvalue weighted by atomic mass is 32.1. The van der Waals surface area contributed by atoms with Crippen molar-refractivity contribution in [2.45, 2.75) is 32.8 Å². The lowest BCUT2D eigenvalue weighted by molar-refractivity contribution is -0.145. The van der Waals surface area contributed by atoms with Crippen LogP contribution < -0.4 is 9.64 Å². The SMILES string of the molecule is COc1ccccc1N(C(C)=O)c1nc(COC(=O)CCCc2nc3ccccc3s2)cs1. The van der Waals surface area contributed by atoms with E-state index in [1.54, 1.807) is 36.0 Å². The maximum absolute atomic E-state index is 12.3. The number of methoxy groups -OCH3 is 1. The quantitative estimate of drug-likeness (QED) is 0.293. The van der Waals surface area contributed by atoms with Crippen molar-refractivity contribution < 1.29 is 19.1 Å². The molecule has 4 aromatic rings. The molecule has 2 aromatic heterocycles. The number of amides is 1. The molecule has 0 bridgehead atoms. The van der Waals surface area contributed by atoms with Gasteiger partial charge in [0.25, 0.3) is 0 Å². The van der Waals surface area contributed by atoms with Crippen molar-refractivity contribution in [3.63, 3.8) is 0 Å². The molecule has 0 saturated heterocycles. The molecule has 0 spiro atoms. The molecule has 170 valence electrons. The average molecular weight is 482 g/mol. The first kappa shape index (κ1) is 22.9. The zero-order chi connectivity index (χ0) is 23.2. The summed E-state index contributed by atoms with van der Waals surface area (Å²) in [5.41, 5.74) is 2.20. The van der Waals surface area contributed by atoms with Crippen LogP contribution in [0, 0.1) is 0 Å². The Labute approximate surface area is 199 Å². The molecule has 7 nitrogen and oxygen atoms in total. The molecule has 4 rings (SSSR count). The van der Waals surface area contributed by atoms with Gasteiger partial charge in [-0.15, -0.1) is 22.7 Å². The molecule has 9 heteroatoms. The summed E-state index contributed by atoms with van der Waals surface area (Å²) in [6.07, 6.45) is 1.72. The van der Waals surface area contributed by atoms with Crippen molar-refractivity contribution in [2.75, 3.05) is 12.0 Å². The van der Waals surface area contributed by atoms with Crippen molar-refractivity contribution in [1.29, 1.82) is 0 Å². The van der Waals surface area contributed by atoms with Gasteiger partial charge in [0, 0.05) is 18.7 Å². The van der Waals surface area contributed by atoms with E-state index in [-0.39, 0.29) is 18.5 Å². The number of benzene rings is 2. The molecule has 0 saturated carbocycles. The average Bonchev–Trinajstić information content (AvgIpc) is 3.44. The fourth-order valence-electron chi connectivity index (χ4n) is 3.32. The lowest BCUT2D eigenvalue weighted by Crippen LogP contribution is -2.23.